The summed E-state index contributed by atoms with van der Waals surface area (Å²) >= 11 is 1.24. The number of hydrogen-bond donors (Lipinski definition) is 2. The topological polar surface area (TPSA) is 98.0 Å². The van der Waals surface area contributed by atoms with Gasteiger partial charge < -0.3 is 10.6 Å². The summed E-state index contributed by atoms with van der Waals surface area (Å²) in [6.45, 7) is 3.65. The van der Waals surface area contributed by atoms with Crippen LogP contribution in [0.2, 0.25) is 0 Å². The van der Waals surface area contributed by atoms with Crippen LogP contribution in [0.25, 0.3) is 5.69 Å². The minimum absolute atomic E-state index is 0.0409. The van der Waals surface area contributed by atoms with Crippen molar-refractivity contribution in [2.45, 2.75) is 24.8 Å². The summed E-state index contributed by atoms with van der Waals surface area (Å²) in [5.41, 5.74) is 2.52. The second-order valence-corrected chi connectivity index (χ2v) is 9.24. The highest BCUT2D eigenvalue weighted by molar-refractivity contribution is 8.00. The van der Waals surface area contributed by atoms with Gasteiger partial charge in [-0.2, -0.15) is 0 Å². The van der Waals surface area contributed by atoms with E-state index in [1.807, 2.05) is 61.5 Å². The largest absolute Gasteiger partial charge is 0.344 e. The number of hydrogen-bond acceptors (Lipinski definition) is 5. The summed E-state index contributed by atoms with van der Waals surface area (Å²) in [4.78, 5) is 43.7. The number of nitrogens with one attached hydrogen (secondary N) is 2. The highest BCUT2D eigenvalue weighted by Crippen LogP contribution is 2.24. The molecule has 0 spiro atoms. The number of benzene rings is 2. The molecule has 0 aliphatic carbocycles. The van der Waals surface area contributed by atoms with E-state index in [2.05, 4.69) is 15.6 Å². The van der Waals surface area contributed by atoms with Gasteiger partial charge in [-0.05, 0) is 50.2 Å². The molecule has 9 heteroatoms. The van der Waals surface area contributed by atoms with Gasteiger partial charge in [0.2, 0.25) is 5.91 Å². The van der Waals surface area contributed by atoms with Gasteiger partial charge in [0, 0.05) is 18.1 Å². The van der Waals surface area contributed by atoms with Crippen molar-refractivity contribution in [1.29, 1.82) is 0 Å². The van der Waals surface area contributed by atoms with E-state index in [1.165, 1.54) is 16.4 Å². The number of carbonyl (C=O) groups is 2. The minimum atomic E-state index is -0.330. The maximum atomic E-state index is 13.0. The second kappa shape index (κ2) is 11.1. The van der Waals surface area contributed by atoms with Crippen LogP contribution >= 0.6 is 11.8 Å². The highest BCUT2D eigenvalue weighted by atomic mass is 32.2. The number of nitrogens with zero attached hydrogens (tertiary/aromatic N) is 3. The Hall–Kier alpha value is -4.11. The molecule has 0 bridgehead atoms. The number of anilines is 1. The molecule has 2 aromatic carbocycles. The second-order valence-electron chi connectivity index (χ2n) is 8.22. The number of thioether (sulfide) groups is 1. The van der Waals surface area contributed by atoms with Crippen molar-refractivity contribution < 1.29 is 9.59 Å². The standard InChI is InChI=1S/C27H27N5O3S/c1-18(22-14-9-10-16-28-22)29-26(34)21-13-7-8-15-23(21)36-17-24(33)30-25-19(2)31(3)32(27(25)35)20-11-5-4-6-12-20/h4-16,18H,17H2,1-3H3,(H,29,34)(H,30,33)/t18-/m1/s1. The average Bonchev–Trinajstić information content (AvgIpc) is 3.11. The van der Waals surface area contributed by atoms with Crippen molar-refractivity contribution in [2.24, 2.45) is 7.05 Å². The van der Waals surface area contributed by atoms with Crippen LogP contribution in [0.1, 0.15) is 34.7 Å². The van der Waals surface area contributed by atoms with E-state index in [0.29, 0.717) is 21.8 Å². The molecule has 4 rings (SSSR count). The molecule has 2 N–H and O–H groups in total. The molecule has 2 amide bonds. The number of aromatic nitrogens is 3. The molecule has 4 aromatic rings. The lowest BCUT2D eigenvalue weighted by atomic mass is 10.1. The lowest BCUT2D eigenvalue weighted by Gasteiger charge is -2.15. The van der Waals surface area contributed by atoms with E-state index in [-0.39, 0.29) is 34.9 Å². The van der Waals surface area contributed by atoms with Gasteiger partial charge in [-0.15, -0.1) is 11.8 Å². The van der Waals surface area contributed by atoms with E-state index in [9.17, 15) is 14.4 Å². The van der Waals surface area contributed by atoms with Crippen LogP contribution in [-0.2, 0) is 11.8 Å². The lowest BCUT2D eigenvalue weighted by Crippen LogP contribution is -2.27. The summed E-state index contributed by atoms with van der Waals surface area (Å²) < 4.78 is 3.23. The van der Waals surface area contributed by atoms with E-state index in [4.69, 9.17) is 0 Å². The maximum Gasteiger partial charge on any atom is 0.295 e. The quantitative estimate of drug-likeness (QED) is 0.354. The van der Waals surface area contributed by atoms with Gasteiger partial charge in [0.15, 0.2) is 0 Å². The van der Waals surface area contributed by atoms with Crippen LogP contribution in [0.15, 0.2) is 88.7 Å². The fraction of sp³-hybridized carbons (Fsp3) is 0.185. The summed E-state index contributed by atoms with van der Waals surface area (Å²) in [5.74, 6) is -0.538. The Morgan fingerprint density at radius 2 is 1.69 bits per heavy atom. The summed E-state index contributed by atoms with van der Waals surface area (Å²) in [7, 11) is 1.77. The predicted octanol–water partition coefficient (Wildman–Crippen LogP) is 4.10. The molecule has 8 nitrogen and oxygen atoms in total. The zero-order valence-corrected chi connectivity index (χ0v) is 21.1. The predicted molar refractivity (Wildman–Crippen MR) is 142 cm³/mol. The van der Waals surface area contributed by atoms with Crippen molar-refractivity contribution in [2.75, 3.05) is 11.1 Å². The first kappa shape index (κ1) is 25.0. The third-order valence-corrected chi connectivity index (χ3v) is 6.86. The molecule has 0 saturated heterocycles. The fourth-order valence-corrected chi connectivity index (χ4v) is 4.64. The number of rotatable bonds is 8. The summed E-state index contributed by atoms with van der Waals surface area (Å²) in [5, 5.41) is 5.72. The van der Waals surface area contributed by atoms with Gasteiger partial charge in [0.25, 0.3) is 11.5 Å². The Balaban J connectivity index is 1.45. The van der Waals surface area contributed by atoms with E-state index >= 15 is 0 Å². The van der Waals surface area contributed by atoms with E-state index in [1.54, 1.807) is 43.0 Å². The average molecular weight is 502 g/mol. The molecule has 0 aliphatic rings. The van der Waals surface area contributed by atoms with Crippen molar-refractivity contribution in [3.05, 3.63) is 106 Å². The third kappa shape index (κ3) is 5.41. The Morgan fingerprint density at radius 3 is 2.42 bits per heavy atom. The van der Waals surface area contributed by atoms with Crippen LogP contribution in [0.4, 0.5) is 5.69 Å². The normalized spacial score (nSPS) is 11.6. The molecule has 2 heterocycles. The Kier molecular flexibility index (Phi) is 7.70. The van der Waals surface area contributed by atoms with Crippen LogP contribution in [-0.4, -0.2) is 31.9 Å². The Morgan fingerprint density at radius 1 is 1.00 bits per heavy atom. The molecule has 1 atom stereocenters. The van der Waals surface area contributed by atoms with Gasteiger partial charge >= 0.3 is 0 Å². The Bertz CT molecular complexity index is 1430. The third-order valence-electron chi connectivity index (χ3n) is 5.79. The molecule has 0 fully saturated rings. The van der Waals surface area contributed by atoms with Crippen LogP contribution < -0.4 is 16.2 Å². The molecule has 0 saturated carbocycles. The van der Waals surface area contributed by atoms with Crippen molar-refractivity contribution in [1.82, 2.24) is 19.7 Å². The van der Waals surface area contributed by atoms with Gasteiger partial charge in [0.05, 0.1) is 34.4 Å². The molecule has 0 unspecified atom stereocenters. The molecule has 2 aromatic heterocycles. The van der Waals surface area contributed by atoms with E-state index < -0.39 is 0 Å². The van der Waals surface area contributed by atoms with Crippen LogP contribution in [0.3, 0.4) is 0 Å². The lowest BCUT2D eigenvalue weighted by molar-refractivity contribution is -0.113. The first-order valence-corrected chi connectivity index (χ1v) is 12.4. The molecule has 184 valence electrons. The van der Waals surface area contributed by atoms with Crippen molar-refractivity contribution in [3.8, 4) is 5.69 Å². The van der Waals surface area contributed by atoms with Gasteiger partial charge in [-0.1, -0.05) is 36.4 Å². The first-order chi connectivity index (χ1) is 17.4. The summed E-state index contributed by atoms with van der Waals surface area (Å²) in [6, 6.07) is 21.6. The Labute approximate surface area is 213 Å². The van der Waals surface area contributed by atoms with E-state index in [0.717, 1.165) is 5.69 Å². The fourth-order valence-electron chi connectivity index (χ4n) is 3.79. The monoisotopic (exact) mass is 501 g/mol. The molecular formula is C27H27N5O3S. The zero-order valence-electron chi connectivity index (χ0n) is 20.3. The van der Waals surface area contributed by atoms with Crippen LogP contribution in [0, 0.1) is 6.92 Å². The van der Waals surface area contributed by atoms with Crippen molar-refractivity contribution in [3.63, 3.8) is 0 Å². The van der Waals surface area contributed by atoms with Gasteiger partial charge in [0.1, 0.15) is 5.69 Å². The minimum Gasteiger partial charge on any atom is -0.344 e. The number of amides is 2. The molecule has 36 heavy (non-hydrogen) atoms. The smallest absolute Gasteiger partial charge is 0.295 e. The molecule has 0 radical (unpaired) electrons. The zero-order chi connectivity index (χ0) is 25.7. The first-order valence-electron chi connectivity index (χ1n) is 11.4. The number of para-hydroxylation sites is 1. The van der Waals surface area contributed by atoms with Gasteiger partial charge in [-0.3, -0.25) is 24.0 Å². The molecule has 0 aliphatic heterocycles. The number of pyridine rings is 1. The SMILES string of the molecule is Cc1c(NC(=O)CSc2ccccc2C(=O)N[C@H](C)c2ccccn2)c(=O)n(-c2ccccc2)n1C. The van der Waals surface area contributed by atoms with Crippen molar-refractivity contribution >= 4 is 29.3 Å². The van der Waals surface area contributed by atoms with Crippen LogP contribution in [0.5, 0.6) is 0 Å². The highest BCUT2D eigenvalue weighted by Gasteiger charge is 2.20. The maximum absolute atomic E-state index is 13.0. The summed E-state index contributed by atoms with van der Waals surface area (Å²) in [6.07, 6.45) is 1.68. The number of carbonyl (C=O) groups excluding carboxylic acids is 2. The van der Waals surface area contributed by atoms with Gasteiger partial charge in [-0.25, -0.2) is 4.68 Å². The molecular weight excluding hydrogens is 474 g/mol.